The fraction of sp³-hybridized carbons (Fsp3) is 0.154. The van der Waals surface area contributed by atoms with Crippen molar-refractivity contribution in [3.8, 4) is 17.3 Å². The summed E-state index contributed by atoms with van der Waals surface area (Å²) in [6.45, 7) is 3.81. The maximum absolute atomic E-state index is 8.91. The first-order chi connectivity index (χ1) is 8.10. The summed E-state index contributed by atoms with van der Waals surface area (Å²) in [7, 11) is 0. The maximum atomic E-state index is 8.91. The highest BCUT2D eigenvalue weighted by Gasteiger charge is 2.07. The van der Waals surface area contributed by atoms with Crippen molar-refractivity contribution in [1.82, 2.24) is 9.97 Å². The Morgan fingerprint density at radius 1 is 1.18 bits per heavy atom. The second-order valence-electron chi connectivity index (χ2n) is 3.76. The number of rotatable bonds is 1. The van der Waals surface area contributed by atoms with Crippen molar-refractivity contribution < 1.29 is 0 Å². The Labute approximate surface area is 108 Å². The van der Waals surface area contributed by atoms with Gasteiger partial charge in [-0.15, -0.1) is 0 Å². The molecule has 2 rings (SSSR count). The number of aromatic nitrogens is 2. The van der Waals surface area contributed by atoms with Crippen LogP contribution in [0.4, 0.5) is 0 Å². The molecule has 2 aromatic rings. The Balaban J connectivity index is 2.64. The highest BCUT2D eigenvalue weighted by molar-refractivity contribution is 9.10. The van der Waals surface area contributed by atoms with Crippen molar-refractivity contribution in [2.45, 2.75) is 13.8 Å². The van der Waals surface area contributed by atoms with E-state index in [1.165, 1.54) is 0 Å². The van der Waals surface area contributed by atoms with E-state index in [0.29, 0.717) is 11.5 Å². The molecule has 0 aliphatic carbocycles. The Hall–Kier alpha value is -1.73. The molecule has 0 fully saturated rings. The normalized spacial score (nSPS) is 10.0. The van der Waals surface area contributed by atoms with Gasteiger partial charge < -0.3 is 0 Å². The van der Waals surface area contributed by atoms with Gasteiger partial charge in [0.1, 0.15) is 17.6 Å². The SMILES string of the molecule is Cc1nc(C#N)cc(-c2cc(Br)ccc2C)n1. The molecule has 0 bridgehead atoms. The lowest BCUT2D eigenvalue weighted by molar-refractivity contribution is 1.04. The van der Waals surface area contributed by atoms with Gasteiger partial charge >= 0.3 is 0 Å². The molecule has 0 atom stereocenters. The fourth-order valence-corrected chi connectivity index (χ4v) is 1.99. The molecule has 0 saturated heterocycles. The van der Waals surface area contributed by atoms with Crippen molar-refractivity contribution in [2.75, 3.05) is 0 Å². The van der Waals surface area contributed by atoms with Gasteiger partial charge in [-0.05, 0) is 31.5 Å². The quantitative estimate of drug-likeness (QED) is 0.808. The molecule has 4 heteroatoms. The summed E-state index contributed by atoms with van der Waals surface area (Å²) in [5, 5.41) is 8.91. The number of nitriles is 1. The molecule has 0 radical (unpaired) electrons. The molecule has 3 nitrogen and oxygen atoms in total. The van der Waals surface area contributed by atoms with Crippen molar-refractivity contribution in [3.05, 3.63) is 45.8 Å². The van der Waals surface area contributed by atoms with Gasteiger partial charge in [0.25, 0.3) is 0 Å². The zero-order valence-electron chi connectivity index (χ0n) is 9.53. The largest absolute Gasteiger partial charge is 0.233 e. The van der Waals surface area contributed by atoms with Crippen molar-refractivity contribution in [1.29, 1.82) is 5.26 Å². The van der Waals surface area contributed by atoms with E-state index in [-0.39, 0.29) is 0 Å². The third-order valence-corrected chi connectivity index (χ3v) is 2.92. The van der Waals surface area contributed by atoms with Crippen LogP contribution in [-0.4, -0.2) is 9.97 Å². The minimum atomic E-state index is 0.395. The molecule has 0 aliphatic rings. The van der Waals surface area contributed by atoms with Crippen LogP contribution < -0.4 is 0 Å². The standard InChI is InChI=1S/C13H10BrN3/c1-8-3-4-10(14)5-12(8)13-6-11(7-15)16-9(2)17-13/h3-6H,1-2H3. The summed E-state index contributed by atoms with van der Waals surface area (Å²) in [6, 6.07) is 9.76. The number of halogens is 1. The monoisotopic (exact) mass is 287 g/mol. The van der Waals surface area contributed by atoms with Crippen LogP contribution >= 0.6 is 15.9 Å². The van der Waals surface area contributed by atoms with E-state index in [2.05, 4.69) is 25.9 Å². The predicted molar refractivity (Wildman–Crippen MR) is 69.4 cm³/mol. The molecule has 0 N–H and O–H groups in total. The Morgan fingerprint density at radius 2 is 1.94 bits per heavy atom. The average Bonchev–Trinajstić information content (AvgIpc) is 2.31. The molecular formula is C13H10BrN3. The Bertz CT molecular complexity index is 615. The van der Waals surface area contributed by atoms with Crippen molar-refractivity contribution in [3.63, 3.8) is 0 Å². The molecule has 0 spiro atoms. The second-order valence-corrected chi connectivity index (χ2v) is 4.67. The summed E-state index contributed by atoms with van der Waals surface area (Å²) < 4.78 is 0.993. The molecule has 0 saturated carbocycles. The topological polar surface area (TPSA) is 49.6 Å². The summed E-state index contributed by atoms with van der Waals surface area (Å²) in [6.07, 6.45) is 0. The van der Waals surface area contributed by atoms with Crippen LogP contribution in [0, 0.1) is 25.2 Å². The summed E-state index contributed by atoms with van der Waals surface area (Å²) in [5.41, 5.74) is 3.32. The maximum Gasteiger partial charge on any atom is 0.144 e. The lowest BCUT2D eigenvalue weighted by atomic mass is 10.1. The highest BCUT2D eigenvalue weighted by Crippen LogP contribution is 2.25. The lowest BCUT2D eigenvalue weighted by Crippen LogP contribution is -1.95. The molecule has 0 unspecified atom stereocenters. The molecule has 1 heterocycles. The van der Waals surface area contributed by atoms with Crippen LogP contribution in [0.1, 0.15) is 17.1 Å². The molecular weight excluding hydrogens is 278 g/mol. The Kier molecular flexibility index (Phi) is 3.21. The number of nitrogens with zero attached hydrogens (tertiary/aromatic N) is 3. The number of hydrogen-bond acceptors (Lipinski definition) is 3. The first-order valence-corrected chi connectivity index (χ1v) is 5.92. The minimum Gasteiger partial charge on any atom is -0.233 e. The van der Waals surface area contributed by atoms with Crippen molar-refractivity contribution in [2.24, 2.45) is 0 Å². The molecule has 0 amide bonds. The average molecular weight is 288 g/mol. The molecule has 0 aliphatic heterocycles. The van der Waals surface area contributed by atoms with E-state index in [4.69, 9.17) is 5.26 Å². The third kappa shape index (κ3) is 2.51. The first-order valence-electron chi connectivity index (χ1n) is 5.12. The lowest BCUT2D eigenvalue weighted by Gasteiger charge is -2.06. The van der Waals surface area contributed by atoms with E-state index in [1.54, 1.807) is 13.0 Å². The molecule has 1 aromatic heterocycles. The zero-order valence-corrected chi connectivity index (χ0v) is 11.1. The number of hydrogen-bond donors (Lipinski definition) is 0. The van der Waals surface area contributed by atoms with E-state index in [1.807, 2.05) is 31.2 Å². The predicted octanol–water partition coefficient (Wildman–Crippen LogP) is 3.39. The highest BCUT2D eigenvalue weighted by atomic mass is 79.9. The molecule has 84 valence electrons. The summed E-state index contributed by atoms with van der Waals surface area (Å²) >= 11 is 3.44. The summed E-state index contributed by atoms with van der Waals surface area (Å²) in [4.78, 5) is 8.42. The van der Waals surface area contributed by atoms with E-state index >= 15 is 0 Å². The summed E-state index contributed by atoms with van der Waals surface area (Å²) in [5.74, 6) is 0.610. The Morgan fingerprint density at radius 3 is 2.65 bits per heavy atom. The van der Waals surface area contributed by atoms with Crippen LogP contribution in [0.15, 0.2) is 28.7 Å². The van der Waals surface area contributed by atoms with E-state index < -0.39 is 0 Å². The van der Waals surface area contributed by atoms with Crippen molar-refractivity contribution >= 4 is 15.9 Å². The number of benzene rings is 1. The van der Waals surface area contributed by atoms with Gasteiger partial charge in [-0.1, -0.05) is 22.0 Å². The van der Waals surface area contributed by atoms with Gasteiger partial charge in [0.15, 0.2) is 0 Å². The van der Waals surface area contributed by atoms with Gasteiger partial charge in [-0.2, -0.15) is 5.26 Å². The minimum absolute atomic E-state index is 0.395. The first kappa shape index (κ1) is 11.7. The third-order valence-electron chi connectivity index (χ3n) is 2.43. The van der Waals surface area contributed by atoms with Crippen LogP contribution in [0.25, 0.3) is 11.3 Å². The smallest absolute Gasteiger partial charge is 0.144 e. The van der Waals surface area contributed by atoms with Crippen LogP contribution in [-0.2, 0) is 0 Å². The van der Waals surface area contributed by atoms with Gasteiger partial charge in [0.2, 0.25) is 0 Å². The van der Waals surface area contributed by atoms with Crippen LogP contribution in [0.3, 0.4) is 0 Å². The molecule has 17 heavy (non-hydrogen) atoms. The number of aryl methyl sites for hydroxylation is 2. The van der Waals surface area contributed by atoms with Crippen LogP contribution in [0.5, 0.6) is 0 Å². The van der Waals surface area contributed by atoms with Crippen LogP contribution in [0.2, 0.25) is 0 Å². The second kappa shape index (κ2) is 4.64. The van der Waals surface area contributed by atoms with E-state index in [0.717, 1.165) is 21.3 Å². The zero-order chi connectivity index (χ0) is 12.4. The van der Waals surface area contributed by atoms with Gasteiger partial charge in [-0.25, -0.2) is 9.97 Å². The van der Waals surface area contributed by atoms with Gasteiger partial charge in [-0.3, -0.25) is 0 Å². The van der Waals surface area contributed by atoms with Gasteiger partial charge in [0.05, 0.1) is 5.69 Å². The van der Waals surface area contributed by atoms with E-state index in [9.17, 15) is 0 Å². The molecule has 1 aromatic carbocycles. The van der Waals surface area contributed by atoms with Gasteiger partial charge in [0, 0.05) is 16.1 Å². The fourth-order valence-electron chi connectivity index (χ4n) is 1.63.